The van der Waals surface area contributed by atoms with E-state index in [1.165, 1.54) is 23.3 Å². The zero-order valence-electron chi connectivity index (χ0n) is 16.3. The average Bonchev–Trinajstić information content (AvgIpc) is 2.88. The highest BCUT2D eigenvalue weighted by molar-refractivity contribution is 7.89. The average molecular weight is 461 g/mol. The number of rotatable bonds is 6. The van der Waals surface area contributed by atoms with Gasteiger partial charge in [0, 0.05) is 34.5 Å². The third-order valence-electron chi connectivity index (χ3n) is 5.26. The lowest BCUT2D eigenvalue weighted by Crippen LogP contribution is -2.28. The fourth-order valence-corrected chi connectivity index (χ4v) is 5.13. The van der Waals surface area contributed by atoms with Gasteiger partial charge in [-0.2, -0.15) is 0 Å². The quantitative estimate of drug-likeness (QED) is 0.487. The second kappa shape index (κ2) is 8.98. The van der Waals surface area contributed by atoms with Crippen LogP contribution in [0.4, 0.5) is 11.4 Å². The SMILES string of the molecule is O=S(=O)(NCCCN1c2ccccc2CCc2ccc(Cl)cc21)c1ccc(Cl)cc1. The Morgan fingerprint density at radius 2 is 1.50 bits per heavy atom. The van der Waals surface area contributed by atoms with E-state index >= 15 is 0 Å². The van der Waals surface area contributed by atoms with Crippen molar-refractivity contribution in [2.45, 2.75) is 24.2 Å². The Kier molecular flexibility index (Phi) is 6.34. The molecule has 0 amide bonds. The highest BCUT2D eigenvalue weighted by Gasteiger charge is 2.21. The van der Waals surface area contributed by atoms with Crippen molar-refractivity contribution in [3.8, 4) is 0 Å². The molecule has 3 aromatic carbocycles. The monoisotopic (exact) mass is 460 g/mol. The second-order valence-electron chi connectivity index (χ2n) is 7.26. The Labute approximate surface area is 187 Å². The molecule has 0 bridgehead atoms. The maximum absolute atomic E-state index is 12.5. The number of benzene rings is 3. The van der Waals surface area contributed by atoms with Crippen molar-refractivity contribution in [1.29, 1.82) is 0 Å². The van der Waals surface area contributed by atoms with E-state index in [1.54, 1.807) is 12.1 Å². The van der Waals surface area contributed by atoms with Crippen molar-refractivity contribution in [3.05, 3.63) is 87.9 Å². The van der Waals surface area contributed by atoms with Crippen LogP contribution >= 0.6 is 23.2 Å². The van der Waals surface area contributed by atoms with Gasteiger partial charge >= 0.3 is 0 Å². The van der Waals surface area contributed by atoms with Gasteiger partial charge in [-0.25, -0.2) is 13.1 Å². The van der Waals surface area contributed by atoms with E-state index in [2.05, 4.69) is 33.9 Å². The van der Waals surface area contributed by atoms with E-state index in [4.69, 9.17) is 23.2 Å². The lowest BCUT2D eigenvalue weighted by Gasteiger charge is -2.27. The minimum atomic E-state index is -3.56. The van der Waals surface area contributed by atoms with Gasteiger partial charge in [0.25, 0.3) is 0 Å². The molecule has 30 heavy (non-hydrogen) atoms. The number of sulfonamides is 1. The summed E-state index contributed by atoms with van der Waals surface area (Å²) in [5, 5.41) is 1.20. The summed E-state index contributed by atoms with van der Waals surface area (Å²) in [5.74, 6) is 0. The summed E-state index contributed by atoms with van der Waals surface area (Å²) in [6, 6.07) is 20.5. The van der Waals surface area contributed by atoms with Crippen LogP contribution < -0.4 is 9.62 Å². The van der Waals surface area contributed by atoms with Crippen LogP contribution in [-0.4, -0.2) is 21.5 Å². The number of anilines is 2. The summed E-state index contributed by atoms with van der Waals surface area (Å²) < 4.78 is 27.7. The Bertz CT molecular complexity index is 1150. The van der Waals surface area contributed by atoms with E-state index in [-0.39, 0.29) is 4.90 Å². The molecule has 0 atom stereocenters. The van der Waals surface area contributed by atoms with Gasteiger partial charge < -0.3 is 4.90 Å². The Balaban J connectivity index is 1.50. The number of fused-ring (bicyclic) bond motifs is 2. The van der Waals surface area contributed by atoms with Gasteiger partial charge in [0.05, 0.1) is 4.90 Å². The summed E-state index contributed by atoms with van der Waals surface area (Å²) >= 11 is 12.1. The molecule has 0 radical (unpaired) electrons. The maximum atomic E-state index is 12.5. The second-order valence-corrected chi connectivity index (χ2v) is 9.90. The third-order valence-corrected chi connectivity index (χ3v) is 7.22. The van der Waals surface area contributed by atoms with Crippen molar-refractivity contribution >= 4 is 44.6 Å². The van der Waals surface area contributed by atoms with Crippen molar-refractivity contribution in [2.24, 2.45) is 0 Å². The Morgan fingerprint density at radius 3 is 2.27 bits per heavy atom. The molecule has 0 saturated carbocycles. The van der Waals surface area contributed by atoms with Crippen LogP contribution in [0.3, 0.4) is 0 Å². The maximum Gasteiger partial charge on any atom is 0.240 e. The fourth-order valence-electron chi connectivity index (χ4n) is 3.77. The number of nitrogens with one attached hydrogen (secondary N) is 1. The largest absolute Gasteiger partial charge is 0.341 e. The first kappa shape index (κ1) is 21.2. The minimum Gasteiger partial charge on any atom is -0.341 e. The van der Waals surface area contributed by atoms with Gasteiger partial charge in [-0.05, 0) is 72.9 Å². The predicted octanol–water partition coefficient (Wildman–Crippen LogP) is 5.60. The van der Waals surface area contributed by atoms with Gasteiger partial charge in [-0.1, -0.05) is 47.5 Å². The molecule has 0 unspecified atom stereocenters. The molecule has 0 saturated heterocycles. The molecular weight excluding hydrogens is 439 g/mol. The summed E-state index contributed by atoms with van der Waals surface area (Å²) in [5.41, 5.74) is 4.77. The molecule has 3 aromatic rings. The van der Waals surface area contributed by atoms with Crippen LogP contribution in [0.5, 0.6) is 0 Å². The highest BCUT2D eigenvalue weighted by atomic mass is 35.5. The number of halogens is 2. The zero-order valence-corrected chi connectivity index (χ0v) is 18.6. The lowest BCUT2D eigenvalue weighted by atomic mass is 10.0. The van der Waals surface area contributed by atoms with Gasteiger partial charge in [-0.3, -0.25) is 0 Å². The van der Waals surface area contributed by atoms with Gasteiger partial charge in [0.15, 0.2) is 0 Å². The number of nitrogens with zero attached hydrogens (tertiary/aromatic N) is 1. The van der Waals surface area contributed by atoms with Crippen LogP contribution in [0, 0.1) is 0 Å². The van der Waals surface area contributed by atoms with Crippen molar-refractivity contribution in [1.82, 2.24) is 4.72 Å². The highest BCUT2D eigenvalue weighted by Crippen LogP contribution is 2.37. The number of hydrogen-bond acceptors (Lipinski definition) is 3. The summed E-state index contributed by atoms with van der Waals surface area (Å²) in [7, 11) is -3.56. The van der Waals surface area contributed by atoms with Crippen LogP contribution in [0.25, 0.3) is 0 Å². The minimum absolute atomic E-state index is 0.212. The van der Waals surface area contributed by atoms with E-state index in [0.717, 1.165) is 24.2 Å². The Morgan fingerprint density at radius 1 is 0.833 bits per heavy atom. The Hall–Kier alpha value is -2.05. The number of hydrogen-bond donors (Lipinski definition) is 1. The number of aryl methyl sites for hydroxylation is 2. The molecule has 4 nitrogen and oxygen atoms in total. The first-order valence-electron chi connectivity index (χ1n) is 9.83. The van der Waals surface area contributed by atoms with Crippen LogP contribution in [0.2, 0.25) is 10.0 Å². The summed E-state index contributed by atoms with van der Waals surface area (Å²) in [4.78, 5) is 2.46. The van der Waals surface area contributed by atoms with Crippen LogP contribution in [0.1, 0.15) is 17.5 Å². The lowest BCUT2D eigenvalue weighted by molar-refractivity contribution is 0.579. The number of para-hydroxylation sites is 1. The van der Waals surface area contributed by atoms with E-state index in [1.807, 2.05) is 18.2 Å². The fraction of sp³-hybridized carbons (Fsp3) is 0.217. The predicted molar refractivity (Wildman–Crippen MR) is 124 cm³/mol. The smallest absolute Gasteiger partial charge is 0.240 e. The van der Waals surface area contributed by atoms with Crippen molar-refractivity contribution < 1.29 is 8.42 Å². The molecule has 0 aliphatic carbocycles. The molecule has 1 aliphatic heterocycles. The first-order valence-corrected chi connectivity index (χ1v) is 12.1. The zero-order chi connectivity index (χ0) is 21.1. The van der Waals surface area contributed by atoms with Crippen LogP contribution in [0.15, 0.2) is 71.6 Å². The molecule has 0 fully saturated rings. The van der Waals surface area contributed by atoms with Crippen molar-refractivity contribution in [2.75, 3.05) is 18.0 Å². The normalized spacial score (nSPS) is 13.5. The topological polar surface area (TPSA) is 49.4 Å². The molecule has 1 heterocycles. The van der Waals surface area contributed by atoms with Crippen LogP contribution in [-0.2, 0) is 22.9 Å². The van der Waals surface area contributed by atoms with E-state index < -0.39 is 10.0 Å². The summed E-state index contributed by atoms with van der Waals surface area (Å²) in [6.07, 6.45) is 2.56. The van der Waals surface area contributed by atoms with Gasteiger partial charge in [0.1, 0.15) is 0 Å². The van der Waals surface area contributed by atoms with Crippen molar-refractivity contribution in [3.63, 3.8) is 0 Å². The third kappa shape index (κ3) is 4.65. The van der Waals surface area contributed by atoms with E-state index in [0.29, 0.717) is 29.6 Å². The molecule has 1 N–H and O–H groups in total. The molecule has 0 aromatic heterocycles. The molecular formula is C23H22Cl2N2O2S. The first-order chi connectivity index (χ1) is 14.4. The molecule has 0 spiro atoms. The summed E-state index contributed by atoms with van der Waals surface area (Å²) in [6.45, 7) is 1.01. The molecule has 4 rings (SSSR count). The van der Waals surface area contributed by atoms with Gasteiger partial charge in [-0.15, -0.1) is 0 Å². The van der Waals surface area contributed by atoms with Gasteiger partial charge in [0.2, 0.25) is 10.0 Å². The molecule has 1 aliphatic rings. The molecule has 7 heteroatoms. The molecule has 156 valence electrons. The standard InChI is InChI=1S/C23H22Cl2N2O2S/c24-19-10-12-21(13-11-19)30(28,29)26-14-3-15-27-22-5-2-1-4-17(22)6-7-18-8-9-20(25)16-23(18)27/h1-2,4-5,8-13,16,26H,3,6-7,14-15H2. The van der Waals surface area contributed by atoms with E-state index in [9.17, 15) is 8.42 Å².